The zero-order valence-corrected chi connectivity index (χ0v) is 10.6. The minimum Gasteiger partial charge on any atom is -0.471 e. The van der Waals surface area contributed by atoms with Crippen LogP contribution in [0.25, 0.3) is 0 Å². The van der Waals surface area contributed by atoms with Crippen LogP contribution in [0.3, 0.4) is 0 Å². The summed E-state index contributed by atoms with van der Waals surface area (Å²) in [6.45, 7) is 2.53. The van der Waals surface area contributed by atoms with Gasteiger partial charge < -0.3 is 10.1 Å². The molecule has 1 unspecified atom stereocenters. The highest BCUT2D eigenvalue weighted by Crippen LogP contribution is 2.19. The first kappa shape index (κ1) is 15.9. The molecular weight excluding hydrogens is 234 g/mol. The van der Waals surface area contributed by atoms with Gasteiger partial charge in [0.25, 0.3) is 12.4 Å². The average molecular weight is 251 g/mol. The standard InChI is InChI=1S/C11H13NO2.C2H4O2/c1-3-6-12-11(14)9-7-8(2)4-5-10(9)13;1-4-2-3/h1,7-8H,4-6H2,2H3,(H,12,14);2H,1H3. The predicted octanol–water partition coefficient (Wildman–Crippen LogP) is 0.450. The van der Waals surface area contributed by atoms with Crippen molar-refractivity contribution in [3.63, 3.8) is 0 Å². The summed E-state index contributed by atoms with van der Waals surface area (Å²) in [5.41, 5.74) is 0.263. The van der Waals surface area contributed by atoms with E-state index in [4.69, 9.17) is 11.2 Å². The van der Waals surface area contributed by atoms with Gasteiger partial charge in [-0.2, -0.15) is 0 Å². The summed E-state index contributed by atoms with van der Waals surface area (Å²) in [5, 5.41) is 2.49. The molecule has 0 aromatic rings. The molecule has 0 saturated heterocycles. The molecule has 0 aromatic carbocycles. The summed E-state index contributed by atoms with van der Waals surface area (Å²) in [5.74, 6) is 2.15. The van der Waals surface area contributed by atoms with Crippen molar-refractivity contribution in [2.24, 2.45) is 5.92 Å². The Bertz CT molecular complexity index is 379. The van der Waals surface area contributed by atoms with Gasteiger partial charge in [0.1, 0.15) is 0 Å². The van der Waals surface area contributed by atoms with Gasteiger partial charge in [-0.25, -0.2) is 0 Å². The minimum atomic E-state index is -0.348. The molecule has 1 rings (SSSR count). The lowest BCUT2D eigenvalue weighted by molar-refractivity contribution is -0.126. The van der Waals surface area contributed by atoms with Crippen LogP contribution in [0.2, 0.25) is 0 Å². The molecule has 1 N–H and O–H groups in total. The maximum Gasteiger partial charge on any atom is 0.292 e. The van der Waals surface area contributed by atoms with Gasteiger partial charge in [-0.1, -0.05) is 18.9 Å². The SMILES string of the molecule is C#CCNC(=O)C1=CC(C)CCC1=O.COC=O. The van der Waals surface area contributed by atoms with Gasteiger partial charge >= 0.3 is 0 Å². The molecule has 0 saturated carbocycles. The van der Waals surface area contributed by atoms with E-state index in [9.17, 15) is 9.59 Å². The number of methoxy groups -OCH3 is 1. The van der Waals surface area contributed by atoms with Crippen LogP contribution in [0.15, 0.2) is 11.6 Å². The van der Waals surface area contributed by atoms with Gasteiger partial charge in [0.05, 0.1) is 19.2 Å². The first-order valence-corrected chi connectivity index (χ1v) is 5.49. The Hall–Kier alpha value is -2.09. The number of amides is 1. The number of allylic oxidation sites excluding steroid dienone is 1. The van der Waals surface area contributed by atoms with E-state index < -0.39 is 0 Å². The van der Waals surface area contributed by atoms with E-state index in [1.165, 1.54) is 7.11 Å². The van der Waals surface area contributed by atoms with Gasteiger partial charge in [-0.3, -0.25) is 14.4 Å². The van der Waals surface area contributed by atoms with Gasteiger partial charge in [0.2, 0.25) is 0 Å². The van der Waals surface area contributed by atoms with Crippen molar-refractivity contribution >= 4 is 18.2 Å². The third-order valence-electron chi connectivity index (χ3n) is 2.27. The predicted molar refractivity (Wildman–Crippen MR) is 66.4 cm³/mol. The van der Waals surface area contributed by atoms with Crippen LogP contribution in [0.4, 0.5) is 0 Å². The lowest BCUT2D eigenvalue weighted by Gasteiger charge is -2.15. The van der Waals surface area contributed by atoms with Crippen molar-refractivity contribution in [3.05, 3.63) is 11.6 Å². The second kappa shape index (κ2) is 8.99. The molecule has 18 heavy (non-hydrogen) atoms. The molecule has 1 aliphatic carbocycles. The highest BCUT2D eigenvalue weighted by Gasteiger charge is 2.22. The van der Waals surface area contributed by atoms with E-state index in [1.54, 1.807) is 6.08 Å². The van der Waals surface area contributed by atoms with Crippen LogP contribution in [0, 0.1) is 18.3 Å². The first-order valence-electron chi connectivity index (χ1n) is 5.49. The molecule has 5 nitrogen and oxygen atoms in total. The van der Waals surface area contributed by atoms with Crippen molar-refractivity contribution < 1.29 is 19.1 Å². The molecule has 1 aliphatic rings. The van der Waals surface area contributed by atoms with Crippen LogP contribution in [0.5, 0.6) is 0 Å². The smallest absolute Gasteiger partial charge is 0.292 e. The topological polar surface area (TPSA) is 72.5 Å². The molecule has 0 heterocycles. The van der Waals surface area contributed by atoms with E-state index in [0.29, 0.717) is 18.8 Å². The van der Waals surface area contributed by atoms with E-state index in [1.807, 2.05) is 6.92 Å². The highest BCUT2D eigenvalue weighted by atomic mass is 16.5. The average Bonchev–Trinajstić information content (AvgIpc) is 2.39. The van der Waals surface area contributed by atoms with Crippen molar-refractivity contribution in [2.75, 3.05) is 13.7 Å². The molecule has 1 amide bonds. The molecule has 5 heteroatoms. The second-order valence-corrected chi connectivity index (χ2v) is 3.74. The van der Waals surface area contributed by atoms with E-state index >= 15 is 0 Å². The summed E-state index contributed by atoms with van der Waals surface area (Å²) in [6.07, 6.45) is 8.00. The van der Waals surface area contributed by atoms with Crippen molar-refractivity contribution in [1.82, 2.24) is 5.32 Å². The molecular formula is C13H17NO4. The third-order valence-corrected chi connectivity index (χ3v) is 2.27. The number of hydrogen-bond donors (Lipinski definition) is 1. The number of ketones is 1. The van der Waals surface area contributed by atoms with Crippen molar-refractivity contribution in [3.8, 4) is 12.3 Å². The number of terminal acetylenes is 1. The molecule has 0 radical (unpaired) electrons. The number of Topliss-reactive ketones (excluding diaryl/α,β-unsaturated/α-hetero) is 1. The molecule has 0 aromatic heterocycles. The van der Waals surface area contributed by atoms with Gasteiger partial charge in [0.15, 0.2) is 5.78 Å². The quantitative estimate of drug-likeness (QED) is 0.449. The van der Waals surface area contributed by atoms with Crippen LogP contribution in [0.1, 0.15) is 19.8 Å². The first-order chi connectivity index (χ1) is 8.56. The fraction of sp³-hybridized carbons (Fsp3) is 0.462. The fourth-order valence-corrected chi connectivity index (χ4v) is 1.38. The lowest BCUT2D eigenvalue weighted by Crippen LogP contribution is -2.30. The minimum absolute atomic E-state index is 0.0855. The Labute approximate surface area is 107 Å². The molecule has 0 aliphatic heterocycles. The van der Waals surface area contributed by atoms with Crippen LogP contribution >= 0.6 is 0 Å². The monoisotopic (exact) mass is 251 g/mol. The Morgan fingerprint density at radius 3 is 2.83 bits per heavy atom. The number of ether oxygens (including phenoxy) is 1. The van der Waals surface area contributed by atoms with Crippen LogP contribution in [-0.4, -0.2) is 31.8 Å². The number of carbonyl (C=O) groups excluding carboxylic acids is 3. The molecule has 1 atom stereocenters. The Balaban J connectivity index is 0.000000631. The molecule has 0 spiro atoms. The zero-order chi connectivity index (χ0) is 14.0. The van der Waals surface area contributed by atoms with Crippen LogP contribution < -0.4 is 5.32 Å². The van der Waals surface area contributed by atoms with Gasteiger partial charge in [-0.15, -0.1) is 6.42 Å². The fourth-order valence-electron chi connectivity index (χ4n) is 1.38. The number of nitrogens with one attached hydrogen (secondary N) is 1. The molecule has 0 fully saturated rings. The normalized spacial score (nSPS) is 17.5. The highest BCUT2D eigenvalue weighted by molar-refractivity contribution is 6.19. The molecule has 98 valence electrons. The largest absolute Gasteiger partial charge is 0.471 e. The maximum absolute atomic E-state index is 11.4. The Kier molecular flexibility index (Phi) is 7.95. The molecule has 0 bridgehead atoms. The summed E-state index contributed by atoms with van der Waals surface area (Å²) >= 11 is 0. The maximum atomic E-state index is 11.4. The summed E-state index contributed by atoms with van der Waals surface area (Å²) < 4.78 is 3.86. The number of carbonyl (C=O) groups is 3. The number of hydrogen-bond acceptors (Lipinski definition) is 4. The third kappa shape index (κ3) is 5.85. The lowest BCUT2D eigenvalue weighted by atomic mass is 9.90. The summed E-state index contributed by atoms with van der Waals surface area (Å²) in [4.78, 5) is 31.7. The van der Waals surface area contributed by atoms with Crippen molar-refractivity contribution in [1.29, 1.82) is 0 Å². The number of rotatable bonds is 3. The van der Waals surface area contributed by atoms with Gasteiger partial charge in [-0.05, 0) is 12.3 Å². The van der Waals surface area contributed by atoms with Crippen molar-refractivity contribution in [2.45, 2.75) is 19.8 Å². The summed E-state index contributed by atoms with van der Waals surface area (Å²) in [7, 11) is 1.31. The van der Waals surface area contributed by atoms with Crippen LogP contribution in [-0.2, 0) is 19.1 Å². The van der Waals surface area contributed by atoms with E-state index in [0.717, 1.165) is 6.42 Å². The zero-order valence-electron chi connectivity index (χ0n) is 10.6. The van der Waals surface area contributed by atoms with E-state index in [-0.39, 0.29) is 23.8 Å². The second-order valence-electron chi connectivity index (χ2n) is 3.74. The Morgan fingerprint density at radius 1 is 1.72 bits per heavy atom. The van der Waals surface area contributed by atoms with Gasteiger partial charge in [0, 0.05) is 6.42 Å². The Morgan fingerprint density at radius 2 is 2.33 bits per heavy atom. The van der Waals surface area contributed by atoms with E-state index in [2.05, 4.69) is 16.0 Å². The summed E-state index contributed by atoms with van der Waals surface area (Å²) in [6, 6.07) is 0.